The summed E-state index contributed by atoms with van der Waals surface area (Å²) in [4.78, 5) is 0. The second-order valence-corrected chi connectivity index (χ2v) is 5.56. The fourth-order valence-corrected chi connectivity index (χ4v) is 2.75. The van der Waals surface area contributed by atoms with Crippen LogP contribution in [-0.4, -0.2) is 16.7 Å². The SMILES string of the molecule is NC1CCC(O)(Cc2cc(Br)ccc2F)C1. The monoisotopic (exact) mass is 287 g/mol. The maximum Gasteiger partial charge on any atom is 0.126 e. The first-order valence-corrected chi connectivity index (χ1v) is 6.20. The minimum atomic E-state index is -0.832. The highest BCUT2D eigenvalue weighted by Gasteiger charge is 2.36. The van der Waals surface area contributed by atoms with E-state index in [1.54, 1.807) is 12.1 Å². The molecule has 1 fully saturated rings. The molecule has 2 rings (SSSR count). The minimum Gasteiger partial charge on any atom is -0.389 e. The summed E-state index contributed by atoms with van der Waals surface area (Å²) in [7, 11) is 0. The van der Waals surface area contributed by atoms with Crippen molar-refractivity contribution >= 4 is 15.9 Å². The predicted molar refractivity (Wildman–Crippen MR) is 64.6 cm³/mol. The molecular formula is C12H15BrFNO. The lowest BCUT2D eigenvalue weighted by Crippen LogP contribution is -2.30. The van der Waals surface area contributed by atoms with Gasteiger partial charge in [0.2, 0.25) is 0 Å². The molecule has 2 atom stereocenters. The number of halogens is 2. The van der Waals surface area contributed by atoms with Gasteiger partial charge in [-0.1, -0.05) is 15.9 Å². The largest absolute Gasteiger partial charge is 0.389 e. The Hall–Kier alpha value is -0.450. The van der Waals surface area contributed by atoms with Crippen molar-refractivity contribution in [3.8, 4) is 0 Å². The summed E-state index contributed by atoms with van der Waals surface area (Å²) < 4.78 is 14.4. The molecule has 0 spiro atoms. The molecule has 3 N–H and O–H groups in total. The standard InChI is InChI=1S/C12H15BrFNO/c13-9-1-2-11(14)8(5-9)6-12(16)4-3-10(15)7-12/h1-2,5,10,16H,3-4,6-7,15H2. The minimum absolute atomic E-state index is 0.0419. The smallest absolute Gasteiger partial charge is 0.126 e. The molecule has 0 radical (unpaired) electrons. The molecule has 1 saturated carbocycles. The summed E-state index contributed by atoms with van der Waals surface area (Å²) in [5.74, 6) is -0.267. The molecule has 0 amide bonds. The first kappa shape index (κ1) is 12.0. The van der Waals surface area contributed by atoms with Crippen LogP contribution in [0, 0.1) is 5.82 Å². The summed E-state index contributed by atoms with van der Waals surface area (Å²) in [6, 6.07) is 4.83. The Bertz CT molecular complexity index is 399. The lowest BCUT2D eigenvalue weighted by Gasteiger charge is -2.22. The van der Waals surface area contributed by atoms with Crippen molar-refractivity contribution < 1.29 is 9.50 Å². The molecule has 0 aliphatic heterocycles. The second kappa shape index (κ2) is 4.43. The van der Waals surface area contributed by atoms with E-state index < -0.39 is 5.60 Å². The lowest BCUT2D eigenvalue weighted by atomic mass is 9.92. The van der Waals surface area contributed by atoms with E-state index in [1.165, 1.54) is 6.07 Å². The quantitative estimate of drug-likeness (QED) is 0.877. The maximum atomic E-state index is 13.5. The average molecular weight is 288 g/mol. The molecule has 16 heavy (non-hydrogen) atoms. The Morgan fingerprint density at radius 1 is 1.56 bits per heavy atom. The summed E-state index contributed by atoms with van der Waals surface area (Å²) in [5, 5.41) is 10.3. The van der Waals surface area contributed by atoms with E-state index in [9.17, 15) is 9.50 Å². The van der Waals surface area contributed by atoms with E-state index >= 15 is 0 Å². The molecule has 88 valence electrons. The summed E-state index contributed by atoms with van der Waals surface area (Å²) in [6.45, 7) is 0. The molecule has 2 unspecified atom stereocenters. The van der Waals surface area contributed by atoms with E-state index in [1.807, 2.05) is 0 Å². The van der Waals surface area contributed by atoms with Crippen LogP contribution in [0.4, 0.5) is 4.39 Å². The predicted octanol–water partition coefficient (Wildman–Crippen LogP) is 2.37. The van der Waals surface area contributed by atoms with Gasteiger partial charge in [-0.15, -0.1) is 0 Å². The van der Waals surface area contributed by atoms with Crippen LogP contribution in [0.5, 0.6) is 0 Å². The highest BCUT2D eigenvalue weighted by Crippen LogP contribution is 2.33. The van der Waals surface area contributed by atoms with Crippen molar-refractivity contribution in [1.82, 2.24) is 0 Å². The molecule has 0 saturated heterocycles. The molecular weight excluding hydrogens is 273 g/mol. The highest BCUT2D eigenvalue weighted by atomic mass is 79.9. The van der Waals surface area contributed by atoms with Crippen LogP contribution in [0.25, 0.3) is 0 Å². The average Bonchev–Trinajstić information content (AvgIpc) is 2.52. The molecule has 1 aromatic rings. The third-order valence-corrected chi connectivity index (χ3v) is 3.64. The Morgan fingerprint density at radius 2 is 2.31 bits per heavy atom. The van der Waals surface area contributed by atoms with Gasteiger partial charge in [0.15, 0.2) is 0 Å². The van der Waals surface area contributed by atoms with Gasteiger partial charge in [-0.05, 0) is 43.0 Å². The molecule has 1 aliphatic rings. The van der Waals surface area contributed by atoms with Crippen LogP contribution in [0.15, 0.2) is 22.7 Å². The van der Waals surface area contributed by atoms with Crippen molar-refractivity contribution in [3.63, 3.8) is 0 Å². The zero-order chi connectivity index (χ0) is 11.8. The first-order chi connectivity index (χ1) is 7.48. The number of benzene rings is 1. The van der Waals surface area contributed by atoms with E-state index in [0.29, 0.717) is 24.8 Å². The van der Waals surface area contributed by atoms with Crippen LogP contribution < -0.4 is 5.73 Å². The van der Waals surface area contributed by atoms with Crippen LogP contribution in [0.1, 0.15) is 24.8 Å². The molecule has 0 heterocycles. The maximum absolute atomic E-state index is 13.5. The number of rotatable bonds is 2. The van der Waals surface area contributed by atoms with E-state index in [2.05, 4.69) is 15.9 Å². The van der Waals surface area contributed by atoms with Gasteiger partial charge in [0.25, 0.3) is 0 Å². The molecule has 1 aliphatic carbocycles. The van der Waals surface area contributed by atoms with Crippen LogP contribution in [0.3, 0.4) is 0 Å². The number of nitrogens with two attached hydrogens (primary N) is 1. The van der Waals surface area contributed by atoms with Crippen molar-refractivity contribution in [2.75, 3.05) is 0 Å². The van der Waals surface area contributed by atoms with Crippen molar-refractivity contribution in [2.45, 2.75) is 37.3 Å². The summed E-state index contributed by atoms with van der Waals surface area (Å²) in [5.41, 5.74) is 5.48. The molecule has 4 heteroatoms. The number of hydrogen-bond donors (Lipinski definition) is 2. The van der Waals surface area contributed by atoms with Gasteiger partial charge in [0, 0.05) is 16.9 Å². The van der Waals surface area contributed by atoms with E-state index in [4.69, 9.17) is 5.73 Å². The molecule has 0 aromatic heterocycles. The highest BCUT2D eigenvalue weighted by molar-refractivity contribution is 9.10. The van der Waals surface area contributed by atoms with Gasteiger partial charge in [-0.2, -0.15) is 0 Å². The van der Waals surface area contributed by atoms with Gasteiger partial charge < -0.3 is 10.8 Å². The number of hydrogen-bond acceptors (Lipinski definition) is 2. The third-order valence-electron chi connectivity index (χ3n) is 3.15. The van der Waals surface area contributed by atoms with Crippen molar-refractivity contribution in [3.05, 3.63) is 34.1 Å². The Balaban J connectivity index is 2.17. The van der Waals surface area contributed by atoms with Crippen LogP contribution >= 0.6 is 15.9 Å². The zero-order valence-corrected chi connectivity index (χ0v) is 10.5. The summed E-state index contributed by atoms with van der Waals surface area (Å²) in [6.07, 6.45) is 2.36. The molecule has 1 aromatic carbocycles. The van der Waals surface area contributed by atoms with Gasteiger partial charge >= 0.3 is 0 Å². The van der Waals surface area contributed by atoms with Gasteiger partial charge in [-0.25, -0.2) is 4.39 Å². The number of aliphatic hydroxyl groups is 1. The fraction of sp³-hybridized carbons (Fsp3) is 0.500. The zero-order valence-electron chi connectivity index (χ0n) is 8.92. The van der Waals surface area contributed by atoms with Gasteiger partial charge in [0.05, 0.1) is 5.60 Å². The van der Waals surface area contributed by atoms with E-state index in [0.717, 1.165) is 10.9 Å². The second-order valence-electron chi connectivity index (χ2n) is 4.64. The molecule has 0 bridgehead atoms. The summed E-state index contributed by atoms with van der Waals surface area (Å²) >= 11 is 3.30. The van der Waals surface area contributed by atoms with Crippen molar-refractivity contribution in [1.29, 1.82) is 0 Å². The Kier molecular flexibility index (Phi) is 3.33. The Labute approximate surface area is 103 Å². The van der Waals surface area contributed by atoms with Crippen LogP contribution in [-0.2, 0) is 6.42 Å². The van der Waals surface area contributed by atoms with Gasteiger partial charge in [-0.3, -0.25) is 0 Å². The first-order valence-electron chi connectivity index (χ1n) is 5.40. The topological polar surface area (TPSA) is 46.2 Å². The molecule has 2 nitrogen and oxygen atoms in total. The third kappa shape index (κ3) is 2.62. The lowest BCUT2D eigenvalue weighted by molar-refractivity contribution is 0.0460. The Morgan fingerprint density at radius 3 is 2.94 bits per heavy atom. The van der Waals surface area contributed by atoms with E-state index in [-0.39, 0.29) is 11.9 Å². The fourth-order valence-electron chi connectivity index (χ4n) is 2.34. The van der Waals surface area contributed by atoms with Crippen LogP contribution in [0.2, 0.25) is 0 Å². The van der Waals surface area contributed by atoms with Crippen molar-refractivity contribution in [2.24, 2.45) is 5.73 Å². The van der Waals surface area contributed by atoms with Gasteiger partial charge in [0.1, 0.15) is 5.82 Å². The normalized spacial score (nSPS) is 29.6.